The van der Waals surface area contributed by atoms with E-state index in [9.17, 15) is 16.8 Å². The quantitative estimate of drug-likeness (QED) is 0.880. The van der Waals surface area contributed by atoms with Gasteiger partial charge in [0.2, 0.25) is 10.0 Å². The molecular formula is C12H11ClN2O4S2. The molecule has 2 rings (SSSR count). The summed E-state index contributed by atoms with van der Waals surface area (Å²) < 4.78 is 48.8. The zero-order chi connectivity index (χ0) is 15.7. The molecule has 6 nitrogen and oxygen atoms in total. The number of benzene rings is 2. The Labute approximate surface area is 127 Å². The van der Waals surface area contributed by atoms with Crippen molar-refractivity contribution in [1.29, 1.82) is 0 Å². The molecule has 0 heterocycles. The van der Waals surface area contributed by atoms with Gasteiger partial charge in [0.25, 0.3) is 10.0 Å². The Morgan fingerprint density at radius 1 is 0.905 bits per heavy atom. The molecule has 0 aromatic heterocycles. The van der Waals surface area contributed by atoms with Gasteiger partial charge in [-0.05, 0) is 42.5 Å². The van der Waals surface area contributed by atoms with Crippen molar-refractivity contribution in [2.45, 2.75) is 9.79 Å². The summed E-state index contributed by atoms with van der Waals surface area (Å²) in [4.78, 5) is -0.0984. The summed E-state index contributed by atoms with van der Waals surface area (Å²) in [5.41, 5.74) is 0.211. The highest BCUT2D eigenvalue weighted by Crippen LogP contribution is 2.20. The molecule has 3 N–H and O–H groups in total. The standard InChI is InChI=1S/C12H11ClN2O4S2/c13-9-2-1-3-12(8-9)21(18,19)15-10-4-6-11(7-5-10)20(14,16)17/h1-8,15H,(H2,14,16,17). The lowest BCUT2D eigenvalue weighted by Gasteiger charge is -2.08. The second kappa shape index (κ2) is 5.64. The number of hydrogen-bond acceptors (Lipinski definition) is 4. The molecule has 0 atom stereocenters. The summed E-state index contributed by atoms with van der Waals surface area (Å²) in [5, 5.41) is 5.25. The molecule has 0 unspecified atom stereocenters. The lowest BCUT2D eigenvalue weighted by Crippen LogP contribution is -2.14. The number of anilines is 1. The highest BCUT2D eigenvalue weighted by molar-refractivity contribution is 7.92. The zero-order valence-electron chi connectivity index (χ0n) is 10.5. The minimum atomic E-state index is -3.82. The number of nitrogens with two attached hydrogens (primary N) is 1. The van der Waals surface area contributed by atoms with Crippen molar-refractivity contribution in [3.63, 3.8) is 0 Å². The van der Waals surface area contributed by atoms with Crippen LogP contribution in [-0.2, 0) is 20.0 Å². The first-order valence-electron chi connectivity index (χ1n) is 5.60. The predicted molar refractivity (Wildman–Crippen MR) is 80.1 cm³/mol. The van der Waals surface area contributed by atoms with E-state index in [2.05, 4.69) is 4.72 Å². The smallest absolute Gasteiger partial charge is 0.261 e. The molecule has 0 radical (unpaired) electrons. The Balaban J connectivity index is 2.29. The Kier molecular flexibility index (Phi) is 4.24. The summed E-state index contributed by atoms with van der Waals surface area (Å²) in [6.45, 7) is 0. The molecule has 2 aromatic carbocycles. The predicted octanol–water partition coefficient (Wildman–Crippen LogP) is 1.79. The first-order valence-corrected chi connectivity index (χ1v) is 9.00. The number of hydrogen-bond donors (Lipinski definition) is 2. The Bertz CT molecular complexity index is 862. The van der Waals surface area contributed by atoms with Crippen molar-refractivity contribution in [3.8, 4) is 0 Å². The topological polar surface area (TPSA) is 106 Å². The Hall–Kier alpha value is -1.61. The van der Waals surface area contributed by atoms with Crippen molar-refractivity contribution in [2.24, 2.45) is 5.14 Å². The van der Waals surface area contributed by atoms with Crippen molar-refractivity contribution >= 4 is 37.3 Å². The molecule has 0 aliphatic rings. The van der Waals surface area contributed by atoms with Gasteiger partial charge in [0.15, 0.2) is 0 Å². The average molecular weight is 347 g/mol. The SMILES string of the molecule is NS(=O)(=O)c1ccc(NS(=O)(=O)c2cccc(Cl)c2)cc1. The molecule has 0 saturated heterocycles. The maximum absolute atomic E-state index is 12.1. The van der Waals surface area contributed by atoms with Crippen LogP contribution in [0.25, 0.3) is 0 Å². The van der Waals surface area contributed by atoms with Crippen molar-refractivity contribution in [1.82, 2.24) is 0 Å². The van der Waals surface area contributed by atoms with Crippen LogP contribution in [0, 0.1) is 0 Å². The largest absolute Gasteiger partial charge is 0.280 e. The van der Waals surface area contributed by atoms with E-state index in [1.165, 1.54) is 42.5 Å². The van der Waals surface area contributed by atoms with E-state index in [4.69, 9.17) is 16.7 Å². The second-order valence-electron chi connectivity index (χ2n) is 4.13. The lowest BCUT2D eigenvalue weighted by molar-refractivity contribution is 0.597. The Morgan fingerprint density at radius 3 is 2.05 bits per heavy atom. The highest BCUT2D eigenvalue weighted by Gasteiger charge is 2.15. The van der Waals surface area contributed by atoms with Crippen LogP contribution < -0.4 is 9.86 Å². The van der Waals surface area contributed by atoms with E-state index in [1.54, 1.807) is 6.07 Å². The van der Waals surface area contributed by atoms with Crippen LogP contribution in [0.4, 0.5) is 5.69 Å². The Morgan fingerprint density at radius 2 is 1.52 bits per heavy atom. The molecule has 0 amide bonds. The van der Waals surface area contributed by atoms with Crippen LogP contribution >= 0.6 is 11.6 Å². The maximum atomic E-state index is 12.1. The molecule has 21 heavy (non-hydrogen) atoms. The van der Waals surface area contributed by atoms with Crippen molar-refractivity contribution in [2.75, 3.05) is 4.72 Å². The van der Waals surface area contributed by atoms with E-state index in [0.717, 1.165) is 0 Å². The van der Waals surface area contributed by atoms with E-state index in [-0.39, 0.29) is 15.5 Å². The van der Waals surface area contributed by atoms with Crippen LogP contribution in [0.1, 0.15) is 0 Å². The van der Waals surface area contributed by atoms with Gasteiger partial charge in [0.05, 0.1) is 9.79 Å². The summed E-state index contributed by atoms with van der Waals surface area (Å²) in [7, 11) is -7.62. The molecule has 9 heteroatoms. The summed E-state index contributed by atoms with van der Waals surface area (Å²) in [5.74, 6) is 0. The van der Waals surface area contributed by atoms with Gasteiger partial charge < -0.3 is 0 Å². The number of halogens is 1. The second-order valence-corrected chi connectivity index (χ2v) is 7.81. The molecule has 0 saturated carbocycles. The summed E-state index contributed by atoms with van der Waals surface area (Å²) in [6, 6.07) is 10.8. The van der Waals surface area contributed by atoms with Crippen molar-refractivity contribution < 1.29 is 16.8 Å². The van der Waals surface area contributed by atoms with Gasteiger partial charge in [-0.2, -0.15) is 0 Å². The monoisotopic (exact) mass is 346 g/mol. The van der Waals surface area contributed by atoms with E-state index >= 15 is 0 Å². The van der Waals surface area contributed by atoms with E-state index < -0.39 is 20.0 Å². The highest BCUT2D eigenvalue weighted by atomic mass is 35.5. The molecule has 0 bridgehead atoms. The summed E-state index contributed by atoms with van der Waals surface area (Å²) >= 11 is 5.75. The molecule has 0 fully saturated rings. The minimum absolute atomic E-state index is 0.00511. The normalized spacial score (nSPS) is 12.1. The number of nitrogens with one attached hydrogen (secondary N) is 1. The van der Waals surface area contributed by atoms with E-state index in [1.807, 2.05) is 0 Å². The van der Waals surface area contributed by atoms with Gasteiger partial charge >= 0.3 is 0 Å². The van der Waals surface area contributed by atoms with Crippen LogP contribution in [0.15, 0.2) is 58.3 Å². The zero-order valence-corrected chi connectivity index (χ0v) is 12.9. The molecule has 2 aromatic rings. The molecule has 0 aliphatic heterocycles. The molecule has 0 spiro atoms. The fraction of sp³-hybridized carbons (Fsp3) is 0. The molecule has 0 aliphatic carbocycles. The van der Waals surface area contributed by atoms with E-state index in [0.29, 0.717) is 5.02 Å². The molecular weight excluding hydrogens is 336 g/mol. The van der Waals surface area contributed by atoms with Gasteiger partial charge in [-0.25, -0.2) is 22.0 Å². The average Bonchev–Trinajstić information content (AvgIpc) is 2.38. The maximum Gasteiger partial charge on any atom is 0.261 e. The van der Waals surface area contributed by atoms with Gasteiger partial charge in [-0.1, -0.05) is 17.7 Å². The van der Waals surface area contributed by atoms with Gasteiger partial charge in [0.1, 0.15) is 0 Å². The van der Waals surface area contributed by atoms with Crippen LogP contribution in [0.3, 0.4) is 0 Å². The van der Waals surface area contributed by atoms with Gasteiger partial charge in [0, 0.05) is 10.7 Å². The lowest BCUT2D eigenvalue weighted by atomic mass is 10.3. The molecule has 112 valence electrons. The third kappa shape index (κ3) is 3.94. The fourth-order valence-electron chi connectivity index (χ4n) is 1.56. The number of sulfonamides is 2. The summed E-state index contributed by atoms with van der Waals surface area (Å²) in [6.07, 6.45) is 0. The van der Waals surface area contributed by atoms with Gasteiger partial charge in [-0.3, -0.25) is 4.72 Å². The first kappa shape index (κ1) is 15.8. The van der Waals surface area contributed by atoms with Crippen molar-refractivity contribution in [3.05, 3.63) is 53.6 Å². The first-order chi connectivity index (χ1) is 9.68. The van der Waals surface area contributed by atoms with Crippen LogP contribution in [-0.4, -0.2) is 16.8 Å². The van der Waals surface area contributed by atoms with Gasteiger partial charge in [-0.15, -0.1) is 0 Å². The number of primary sulfonamides is 1. The van der Waals surface area contributed by atoms with Crippen LogP contribution in [0.5, 0.6) is 0 Å². The fourth-order valence-corrected chi connectivity index (χ4v) is 3.44. The minimum Gasteiger partial charge on any atom is -0.280 e. The number of rotatable bonds is 4. The third-order valence-electron chi connectivity index (χ3n) is 2.54. The third-order valence-corrected chi connectivity index (χ3v) is 5.08. The van der Waals surface area contributed by atoms with Crippen LogP contribution in [0.2, 0.25) is 5.02 Å².